The highest BCUT2D eigenvalue weighted by atomic mass is 79.9. The van der Waals surface area contributed by atoms with E-state index in [0.717, 1.165) is 54.6 Å². The fourth-order valence-corrected chi connectivity index (χ4v) is 6.12. The third kappa shape index (κ3) is 3.40. The quantitative estimate of drug-likeness (QED) is 0.213. The molecule has 0 atom stereocenters. The van der Waals surface area contributed by atoms with Gasteiger partial charge in [-0.15, -0.1) is 0 Å². The SMILES string of the molecule is CC1(C)c2cc(Br)ccc2Oc2ccc(-c3ccc4c(c3)c3cc(C#N)ccc3n4-c3ccccc3)cc21. The van der Waals surface area contributed by atoms with Crippen molar-refractivity contribution in [3.8, 4) is 34.4 Å². The Kier molecular flexibility index (Phi) is 5.01. The summed E-state index contributed by atoms with van der Waals surface area (Å²) in [6, 6.07) is 37.9. The Morgan fingerprint density at radius 2 is 1.34 bits per heavy atom. The largest absolute Gasteiger partial charge is 0.457 e. The molecule has 5 aromatic carbocycles. The highest BCUT2D eigenvalue weighted by Crippen LogP contribution is 2.49. The van der Waals surface area contributed by atoms with Crippen LogP contribution < -0.4 is 4.74 Å². The number of halogens is 1. The minimum atomic E-state index is -0.210. The molecule has 38 heavy (non-hydrogen) atoms. The van der Waals surface area contributed by atoms with Gasteiger partial charge in [0.1, 0.15) is 11.5 Å². The van der Waals surface area contributed by atoms with Crippen LogP contribution in [0.2, 0.25) is 0 Å². The molecule has 6 aromatic rings. The van der Waals surface area contributed by atoms with Crippen LogP contribution in [-0.2, 0) is 5.41 Å². The van der Waals surface area contributed by atoms with Crippen molar-refractivity contribution in [1.29, 1.82) is 5.26 Å². The van der Waals surface area contributed by atoms with Crippen LogP contribution in [0.4, 0.5) is 0 Å². The molecule has 0 radical (unpaired) electrons. The molecule has 0 unspecified atom stereocenters. The average Bonchev–Trinajstić information content (AvgIpc) is 3.27. The summed E-state index contributed by atoms with van der Waals surface area (Å²) in [4.78, 5) is 0. The molecule has 1 aliphatic rings. The van der Waals surface area contributed by atoms with Crippen LogP contribution in [0, 0.1) is 11.3 Å². The molecule has 1 aromatic heterocycles. The van der Waals surface area contributed by atoms with E-state index < -0.39 is 0 Å². The Morgan fingerprint density at radius 3 is 2.11 bits per heavy atom. The van der Waals surface area contributed by atoms with E-state index in [4.69, 9.17) is 4.74 Å². The molecule has 0 saturated carbocycles. The van der Waals surface area contributed by atoms with Crippen molar-refractivity contribution >= 4 is 37.7 Å². The Balaban J connectivity index is 1.43. The van der Waals surface area contributed by atoms with Crippen LogP contribution in [0.15, 0.2) is 108 Å². The van der Waals surface area contributed by atoms with E-state index in [0.29, 0.717) is 5.56 Å². The lowest BCUT2D eigenvalue weighted by Crippen LogP contribution is -2.24. The molecule has 0 amide bonds. The molecule has 2 heterocycles. The van der Waals surface area contributed by atoms with Crippen molar-refractivity contribution in [2.24, 2.45) is 0 Å². The van der Waals surface area contributed by atoms with Crippen LogP contribution in [-0.4, -0.2) is 4.57 Å². The van der Waals surface area contributed by atoms with Crippen molar-refractivity contribution in [3.63, 3.8) is 0 Å². The molecule has 4 heteroatoms. The number of benzene rings is 5. The minimum Gasteiger partial charge on any atom is -0.457 e. The van der Waals surface area contributed by atoms with Gasteiger partial charge >= 0.3 is 0 Å². The van der Waals surface area contributed by atoms with E-state index in [-0.39, 0.29) is 5.41 Å². The van der Waals surface area contributed by atoms with Gasteiger partial charge in [0.15, 0.2) is 0 Å². The van der Waals surface area contributed by atoms with E-state index in [1.54, 1.807) is 0 Å². The van der Waals surface area contributed by atoms with Gasteiger partial charge in [0.25, 0.3) is 0 Å². The second-order valence-corrected chi connectivity index (χ2v) is 11.2. The fourth-order valence-electron chi connectivity index (χ4n) is 5.76. The summed E-state index contributed by atoms with van der Waals surface area (Å²) in [5.74, 6) is 1.80. The zero-order valence-corrected chi connectivity index (χ0v) is 22.6. The third-order valence-electron chi connectivity index (χ3n) is 7.73. The number of ether oxygens (including phenoxy) is 1. The second-order valence-electron chi connectivity index (χ2n) is 10.3. The maximum Gasteiger partial charge on any atom is 0.131 e. The van der Waals surface area contributed by atoms with Crippen LogP contribution >= 0.6 is 15.9 Å². The second kappa shape index (κ2) is 8.34. The van der Waals surface area contributed by atoms with Crippen LogP contribution in [0.25, 0.3) is 38.6 Å². The van der Waals surface area contributed by atoms with Crippen molar-refractivity contribution in [2.45, 2.75) is 19.3 Å². The standard InChI is InChI=1S/C34H23BrN2O/c1-34(2)28-18-23(10-14-32(28)38-33-15-11-24(35)19-29(33)34)22-9-13-31-27(17-22)26-16-21(20-36)8-12-30(26)37(31)25-6-4-3-5-7-25/h3-19H,1-2H3. The summed E-state index contributed by atoms with van der Waals surface area (Å²) in [7, 11) is 0. The van der Waals surface area contributed by atoms with Gasteiger partial charge in [0.05, 0.1) is 22.7 Å². The molecule has 1 aliphatic heterocycles. The summed E-state index contributed by atoms with van der Waals surface area (Å²) in [6.07, 6.45) is 0. The van der Waals surface area contributed by atoms with E-state index in [1.807, 2.05) is 30.3 Å². The first-order valence-corrected chi connectivity index (χ1v) is 13.4. The lowest BCUT2D eigenvalue weighted by Gasteiger charge is -2.35. The third-order valence-corrected chi connectivity index (χ3v) is 8.22. The monoisotopic (exact) mass is 554 g/mol. The highest BCUT2D eigenvalue weighted by Gasteiger charge is 2.34. The Bertz CT molecular complexity index is 1940. The van der Waals surface area contributed by atoms with Gasteiger partial charge in [0.2, 0.25) is 0 Å². The number of nitriles is 1. The minimum absolute atomic E-state index is 0.210. The number of fused-ring (bicyclic) bond motifs is 5. The van der Waals surface area contributed by atoms with Gasteiger partial charge in [-0.05, 0) is 83.9 Å². The average molecular weight is 555 g/mol. The van der Waals surface area contributed by atoms with Crippen LogP contribution in [0.3, 0.4) is 0 Å². The summed E-state index contributed by atoms with van der Waals surface area (Å²) < 4.78 is 9.63. The van der Waals surface area contributed by atoms with Crippen molar-refractivity contribution in [3.05, 3.63) is 124 Å². The van der Waals surface area contributed by atoms with Crippen LogP contribution in [0.1, 0.15) is 30.5 Å². The zero-order chi connectivity index (χ0) is 26.0. The molecule has 0 bridgehead atoms. The summed E-state index contributed by atoms with van der Waals surface area (Å²) in [5, 5.41) is 11.8. The molecule has 0 spiro atoms. The van der Waals surface area contributed by atoms with E-state index in [2.05, 4.69) is 113 Å². The first-order valence-electron chi connectivity index (χ1n) is 12.6. The van der Waals surface area contributed by atoms with E-state index in [9.17, 15) is 5.26 Å². The van der Waals surface area contributed by atoms with Crippen molar-refractivity contribution in [1.82, 2.24) is 4.57 Å². The topological polar surface area (TPSA) is 37.9 Å². The summed E-state index contributed by atoms with van der Waals surface area (Å²) >= 11 is 3.63. The number of para-hydroxylation sites is 1. The van der Waals surface area contributed by atoms with Crippen LogP contribution in [0.5, 0.6) is 11.5 Å². The van der Waals surface area contributed by atoms with Gasteiger partial charge in [-0.2, -0.15) is 5.26 Å². The molecule has 3 nitrogen and oxygen atoms in total. The Labute approximate surface area is 229 Å². The molecule has 0 N–H and O–H groups in total. The van der Waals surface area contributed by atoms with Crippen molar-refractivity contribution in [2.75, 3.05) is 0 Å². The Morgan fingerprint density at radius 1 is 0.711 bits per heavy atom. The van der Waals surface area contributed by atoms with Gasteiger partial charge < -0.3 is 9.30 Å². The summed E-state index contributed by atoms with van der Waals surface area (Å²) in [5.41, 5.74) is 8.35. The molecule has 0 saturated heterocycles. The molecule has 0 fully saturated rings. The lowest BCUT2D eigenvalue weighted by atomic mass is 9.75. The van der Waals surface area contributed by atoms with Gasteiger partial charge in [0, 0.05) is 37.5 Å². The van der Waals surface area contributed by atoms with E-state index in [1.165, 1.54) is 11.1 Å². The van der Waals surface area contributed by atoms with Gasteiger partial charge in [-0.3, -0.25) is 0 Å². The van der Waals surface area contributed by atoms with Crippen molar-refractivity contribution < 1.29 is 4.74 Å². The van der Waals surface area contributed by atoms with Gasteiger partial charge in [-0.25, -0.2) is 0 Å². The fraction of sp³-hybridized carbons (Fsp3) is 0.0882. The summed E-state index contributed by atoms with van der Waals surface area (Å²) in [6.45, 7) is 4.51. The number of aromatic nitrogens is 1. The normalized spacial score (nSPS) is 13.5. The van der Waals surface area contributed by atoms with Gasteiger partial charge in [-0.1, -0.05) is 60.1 Å². The highest BCUT2D eigenvalue weighted by molar-refractivity contribution is 9.10. The number of hydrogen-bond donors (Lipinski definition) is 0. The predicted molar refractivity (Wildman–Crippen MR) is 157 cm³/mol. The van der Waals surface area contributed by atoms with E-state index >= 15 is 0 Å². The molecular formula is C34H23BrN2O. The first kappa shape index (κ1) is 22.8. The zero-order valence-electron chi connectivity index (χ0n) is 21.0. The maximum absolute atomic E-state index is 9.60. The predicted octanol–water partition coefficient (Wildman–Crippen LogP) is 9.52. The first-order chi connectivity index (χ1) is 18.4. The molecule has 7 rings (SSSR count). The number of nitrogens with zero attached hydrogens (tertiary/aromatic N) is 2. The number of hydrogen-bond acceptors (Lipinski definition) is 2. The lowest BCUT2D eigenvalue weighted by molar-refractivity contribution is 0.418. The molecule has 0 aliphatic carbocycles. The maximum atomic E-state index is 9.60. The number of rotatable bonds is 2. The molecular weight excluding hydrogens is 532 g/mol. The molecule has 182 valence electrons. The smallest absolute Gasteiger partial charge is 0.131 e. The Hall–Kier alpha value is -4.33.